The molecule has 3 heteroatoms. The lowest BCUT2D eigenvalue weighted by Gasteiger charge is -2.29. The molecule has 1 heterocycles. The number of hydrogen-bond acceptors (Lipinski definition) is 3. The second-order valence-corrected chi connectivity index (χ2v) is 5.06. The average Bonchev–Trinajstić information content (AvgIpc) is 2.25. The molecule has 0 aromatic heterocycles. The molecular weight excluding hydrogens is 202 g/mol. The van der Waals surface area contributed by atoms with Crippen molar-refractivity contribution in [3.05, 3.63) is 29.8 Å². The third-order valence-corrected chi connectivity index (χ3v) is 2.47. The smallest absolute Gasteiger partial charge is 0.124 e. The number of hydroxylamine groups is 1. The van der Waals surface area contributed by atoms with Gasteiger partial charge in [0, 0.05) is 12.0 Å². The summed E-state index contributed by atoms with van der Waals surface area (Å²) < 4.78 is 5.59. The minimum absolute atomic E-state index is 0.173. The Kier molecular flexibility index (Phi) is 3.17. The summed E-state index contributed by atoms with van der Waals surface area (Å²) in [5, 5.41) is 0. The Labute approximate surface area is 96.7 Å². The van der Waals surface area contributed by atoms with Crippen LogP contribution in [0.15, 0.2) is 24.3 Å². The van der Waals surface area contributed by atoms with Gasteiger partial charge in [-0.25, -0.2) is 0 Å². The number of nitrogens with one attached hydrogen (secondary N) is 1. The van der Waals surface area contributed by atoms with Crippen molar-refractivity contribution < 1.29 is 9.57 Å². The van der Waals surface area contributed by atoms with Crippen molar-refractivity contribution in [3.8, 4) is 5.75 Å². The van der Waals surface area contributed by atoms with Gasteiger partial charge in [-0.2, -0.15) is 5.48 Å². The van der Waals surface area contributed by atoms with Gasteiger partial charge in [0.25, 0.3) is 0 Å². The Morgan fingerprint density at radius 3 is 2.81 bits per heavy atom. The number of rotatable bonds is 2. The van der Waals surface area contributed by atoms with Crippen molar-refractivity contribution in [1.82, 2.24) is 5.48 Å². The fourth-order valence-electron chi connectivity index (χ4n) is 1.71. The average molecular weight is 221 g/mol. The molecule has 1 aromatic rings. The van der Waals surface area contributed by atoms with Crippen LogP contribution >= 0.6 is 0 Å². The number of para-hydroxylation sites is 1. The zero-order valence-electron chi connectivity index (χ0n) is 10.1. The van der Waals surface area contributed by atoms with Gasteiger partial charge in [-0.15, -0.1) is 0 Å². The molecule has 0 aliphatic carbocycles. The maximum atomic E-state index is 5.62. The van der Waals surface area contributed by atoms with Crippen molar-refractivity contribution in [2.75, 3.05) is 6.61 Å². The molecule has 0 amide bonds. The van der Waals surface area contributed by atoms with Crippen LogP contribution in [0, 0.1) is 0 Å². The van der Waals surface area contributed by atoms with Gasteiger partial charge in [-0.1, -0.05) is 18.2 Å². The number of ether oxygens (including phenoxy) is 1. The lowest BCUT2D eigenvalue weighted by molar-refractivity contribution is -0.0933. The second kappa shape index (κ2) is 4.44. The molecule has 0 saturated carbocycles. The predicted molar refractivity (Wildman–Crippen MR) is 63.3 cm³/mol. The summed E-state index contributed by atoms with van der Waals surface area (Å²) in [5.41, 5.74) is 4.14. The van der Waals surface area contributed by atoms with Gasteiger partial charge in [0.05, 0.1) is 18.2 Å². The van der Waals surface area contributed by atoms with E-state index >= 15 is 0 Å². The van der Waals surface area contributed by atoms with Gasteiger partial charge < -0.3 is 4.74 Å². The summed E-state index contributed by atoms with van der Waals surface area (Å²) in [6.07, 6.45) is 0.938. The highest BCUT2D eigenvalue weighted by Crippen LogP contribution is 2.31. The van der Waals surface area contributed by atoms with Gasteiger partial charge in [0.2, 0.25) is 0 Å². The Balaban J connectivity index is 2.07. The van der Waals surface area contributed by atoms with Crippen LogP contribution in [0.25, 0.3) is 0 Å². The number of fused-ring (bicyclic) bond motifs is 1. The monoisotopic (exact) mass is 221 g/mol. The Hall–Kier alpha value is -1.06. The fourth-order valence-corrected chi connectivity index (χ4v) is 1.71. The minimum atomic E-state index is -0.173. The van der Waals surface area contributed by atoms with E-state index in [4.69, 9.17) is 9.57 Å². The number of benzene rings is 1. The van der Waals surface area contributed by atoms with Crippen LogP contribution in [0.3, 0.4) is 0 Å². The van der Waals surface area contributed by atoms with E-state index in [9.17, 15) is 0 Å². The number of hydrogen-bond donors (Lipinski definition) is 1. The maximum absolute atomic E-state index is 5.62. The SMILES string of the molecule is CC(C)(C)ONC1CCOc2ccccc21. The Morgan fingerprint density at radius 1 is 1.31 bits per heavy atom. The topological polar surface area (TPSA) is 30.5 Å². The fraction of sp³-hybridized carbons (Fsp3) is 0.538. The Bertz CT molecular complexity index is 357. The summed E-state index contributed by atoms with van der Waals surface area (Å²) in [6, 6.07) is 8.33. The molecule has 0 bridgehead atoms. The van der Waals surface area contributed by atoms with Crippen molar-refractivity contribution in [2.24, 2.45) is 0 Å². The van der Waals surface area contributed by atoms with Crippen LogP contribution < -0.4 is 10.2 Å². The molecule has 2 rings (SSSR count). The Morgan fingerprint density at radius 2 is 2.06 bits per heavy atom. The summed E-state index contributed by atoms with van der Waals surface area (Å²) in [5.74, 6) is 0.962. The van der Waals surface area contributed by atoms with Crippen molar-refractivity contribution in [1.29, 1.82) is 0 Å². The van der Waals surface area contributed by atoms with E-state index < -0.39 is 0 Å². The molecule has 0 radical (unpaired) electrons. The second-order valence-electron chi connectivity index (χ2n) is 5.06. The van der Waals surface area contributed by atoms with E-state index in [0.717, 1.165) is 18.8 Å². The first kappa shape index (κ1) is 11.4. The highest BCUT2D eigenvalue weighted by molar-refractivity contribution is 5.37. The molecule has 0 fully saturated rings. The highest BCUT2D eigenvalue weighted by atomic mass is 16.7. The molecular formula is C13H19NO2. The van der Waals surface area contributed by atoms with Crippen LogP contribution in [0.2, 0.25) is 0 Å². The van der Waals surface area contributed by atoms with Crippen molar-refractivity contribution in [2.45, 2.75) is 38.8 Å². The first-order chi connectivity index (χ1) is 7.56. The molecule has 0 spiro atoms. The highest BCUT2D eigenvalue weighted by Gasteiger charge is 2.22. The van der Waals surface area contributed by atoms with E-state index in [1.165, 1.54) is 5.56 Å². The molecule has 1 aliphatic heterocycles. The quantitative estimate of drug-likeness (QED) is 0.779. The summed E-state index contributed by atoms with van der Waals surface area (Å²) >= 11 is 0. The summed E-state index contributed by atoms with van der Waals surface area (Å²) in [6.45, 7) is 6.84. The standard InChI is InChI=1S/C13H19NO2/c1-13(2,3)16-14-11-8-9-15-12-7-5-4-6-10(11)12/h4-7,11,14H,8-9H2,1-3H3. The molecule has 0 saturated heterocycles. The molecule has 1 atom stereocenters. The van der Waals surface area contributed by atoms with Gasteiger partial charge >= 0.3 is 0 Å². The lowest BCUT2D eigenvalue weighted by Crippen LogP contribution is -2.34. The summed E-state index contributed by atoms with van der Waals surface area (Å²) in [7, 11) is 0. The molecule has 1 unspecified atom stereocenters. The molecule has 1 aliphatic rings. The first-order valence-electron chi connectivity index (χ1n) is 5.71. The van der Waals surface area contributed by atoms with Crippen LogP contribution in [-0.2, 0) is 4.84 Å². The first-order valence-corrected chi connectivity index (χ1v) is 5.71. The molecule has 88 valence electrons. The van der Waals surface area contributed by atoms with E-state index in [0.29, 0.717) is 0 Å². The van der Waals surface area contributed by atoms with E-state index in [2.05, 4.69) is 11.5 Å². The van der Waals surface area contributed by atoms with Crippen LogP contribution in [0.1, 0.15) is 38.8 Å². The van der Waals surface area contributed by atoms with Crippen molar-refractivity contribution >= 4 is 0 Å². The molecule has 1 aromatic carbocycles. The normalized spacial score (nSPS) is 20.1. The molecule has 3 nitrogen and oxygen atoms in total. The van der Waals surface area contributed by atoms with E-state index in [-0.39, 0.29) is 11.6 Å². The van der Waals surface area contributed by atoms with Crippen LogP contribution in [0.4, 0.5) is 0 Å². The van der Waals surface area contributed by atoms with Gasteiger partial charge in [-0.05, 0) is 26.8 Å². The van der Waals surface area contributed by atoms with Gasteiger partial charge in [0.15, 0.2) is 0 Å². The van der Waals surface area contributed by atoms with Crippen LogP contribution in [-0.4, -0.2) is 12.2 Å². The van der Waals surface area contributed by atoms with E-state index in [1.807, 2.05) is 39.0 Å². The van der Waals surface area contributed by atoms with Crippen LogP contribution in [0.5, 0.6) is 5.75 Å². The lowest BCUT2D eigenvalue weighted by atomic mass is 10.0. The van der Waals surface area contributed by atoms with Crippen molar-refractivity contribution in [3.63, 3.8) is 0 Å². The zero-order chi connectivity index (χ0) is 11.6. The maximum Gasteiger partial charge on any atom is 0.124 e. The summed E-state index contributed by atoms with van der Waals surface area (Å²) in [4.78, 5) is 5.62. The third kappa shape index (κ3) is 2.74. The minimum Gasteiger partial charge on any atom is -0.493 e. The van der Waals surface area contributed by atoms with Gasteiger partial charge in [-0.3, -0.25) is 4.84 Å². The molecule has 16 heavy (non-hydrogen) atoms. The van der Waals surface area contributed by atoms with E-state index in [1.54, 1.807) is 0 Å². The third-order valence-electron chi connectivity index (χ3n) is 2.47. The predicted octanol–water partition coefficient (Wildman–Crippen LogP) is 2.83. The zero-order valence-corrected chi connectivity index (χ0v) is 10.1. The van der Waals surface area contributed by atoms with Gasteiger partial charge in [0.1, 0.15) is 5.75 Å². The molecule has 1 N–H and O–H groups in total. The largest absolute Gasteiger partial charge is 0.493 e.